The molecule has 0 radical (unpaired) electrons. The summed E-state index contributed by atoms with van der Waals surface area (Å²) in [5.41, 5.74) is 3.37. The first-order valence-electron chi connectivity index (χ1n) is 10.5. The fraction of sp³-hybridized carbons (Fsp3) is 0.160. The van der Waals surface area contributed by atoms with Gasteiger partial charge in [0.15, 0.2) is 12.4 Å². The van der Waals surface area contributed by atoms with E-state index < -0.39 is 0 Å². The SMILES string of the molecule is Cc1c(C(C)NC(=O)COc2cccc(NC(=O)c3ccco3)c2)cnn1-c1ccccc1. The van der Waals surface area contributed by atoms with Gasteiger partial charge in [-0.1, -0.05) is 24.3 Å². The molecular weight excluding hydrogens is 420 g/mol. The molecule has 8 nitrogen and oxygen atoms in total. The average molecular weight is 444 g/mol. The number of hydrogen-bond donors (Lipinski definition) is 2. The van der Waals surface area contributed by atoms with Crippen LogP contribution in [0.15, 0.2) is 83.6 Å². The fourth-order valence-corrected chi connectivity index (χ4v) is 3.45. The Bertz CT molecular complexity index is 1230. The van der Waals surface area contributed by atoms with Crippen LogP contribution >= 0.6 is 0 Å². The summed E-state index contributed by atoms with van der Waals surface area (Å²) in [5.74, 6) is 0.0400. The molecule has 8 heteroatoms. The largest absolute Gasteiger partial charge is 0.484 e. The van der Waals surface area contributed by atoms with Crippen molar-refractivity contribution >= 4 is 17.5 Å². The van der Waals surface area contributed by atoms with Gasteiger partial charge in [0.05, 0.1) is 24.2 Å². The monoisotopic (exact) mass is 444 g/mol. The zero-order valence-electron chi connectivity index (χ0n) is 18.3. The van der Waals surface area contributed by atoms with Crippen molar-refractivity contribution in [2.45, 2.75) is 19.9 Å². The predicted molar refractivity (Wildman–Crippen MR) is 123 cm³/mol. The maximum atomic E-state index is 12.5. The number of ether oxygens (including phenoxy) is 1. The number of anilines is 1. The first-order valence-corrected chi connectivity index (χ1v) is 10.5. The van der Waals surface area contributed by atoms with Crippen LogP contribution in [0, 0.1) is 6.92 Å². The molecule has 0 bridgehead atoms. The molecule has 2 N–H and O–H groups in total. The number of hydrogen-bond acceptors (Lipinski definition) is 5. The van der Waals surface area contributed by atoms with Crippen molar-refractivity contribution < 1.29 is 18.7 Å². The highest BCUT2D eigenvalue weighted by molar-refractivity contribution is 6.02. The van der Waals surface area contributed by atoms with Crippen LogP contribution < -0.4 is 15.4 Å². The van der Waals surface area contributed by atoms with Crippen LogP contribution in [0.1, 0.15) is 34.8 Å². The van der Waals surface area contributed by atoms with E-state index in [0.29, 0.717) is 11.4 Å². The second kappa shape index (κ2) is 9.86. The minimum Gasteiger partial charge on any atom is -0.484 e. The van der Waals surface area contributed by atoms with Crippen molar-refractivity contribution in [3.8, 4) is 11.4 Å². The van der Waals surface area contributed by atoms with E-state index in [2.05, 4.69) is 15.7 Å². The quantitative estimate of drug-likeness (QED) is 0.423. The Hall–Kier alpha value is -4.33. The number of benzene rings is 2. The molecule has 1 atom stereocenters. The fourth-order valence-electron chi connectivity index (χ4n) is 3.45. The minimum atomic E-state index is -0.366. The number of carbonyl (C=O) groups is 2. The van der Waals surface area contributed by atoms with Crippen molar-refractivity contribution in [2.75, 3.05) is 11.9 Å². The third-order valence-corrected chi connectivity index (χ3v) is 5.10. The lowest BCUT2D eigenvalue weighted by molar-refractivity contribution is -0.123. The Morgan fingerprint density at radius 2 is 1.91 bits per heavy atom. The first-order chi connectivity index (χ1) is 16.0. The van der Waals surface area contributed by atoms with Gasteiger partial charge < -0.3 is 19.8 Å². The Morgan fingerprint density at radius 3 is 2.67 bits per heavy atom. The third-order valence-electron chi connectivity index (χ3n) is 5.10. The van der Waals surface area contributed by atoms with Crippen LogP contribution in [-0.2, 0) is 4.79 Å². The van der Waals surface area contributed by atoms with Crippen molar-refractivity contribution in [1.82, 2.24) is 15.1 Å². The van der Waals surface area contributed by atoms with E-state index in [0.717, 1.165) is 16.9 Å². The van der Waals surface area contributed by atoms with Crippen molar-refractivity contribution in [3.63, 3.8) is 0 Å². The molecular formula is C25H24N4O4. The van der Waals surface area contributed by atoms with Crippen LogP contribution in [0.5, 0.6) is 5.75 Å². The predicted octanol–water partition coefficient (Wildman–Crippen LogP) is 4.28. The van der Waals surface area contributed by atoms with Crippen molar-refractivity contribution in [1.29, 1.82) is 0 Å². The molecule has 2 aromatic heterocycles. The number of nitrogens with one attached hydrogen (secondary N) is 2. The Morgan fingerprint density at radius 1 is 1.09 bits per heavy atom. The molecule has 0 saturated carbocycles. The number of nitrogens with zero attached hydrogens (tertiary/aromatic N) is 2. The molecule has 0 spiro atoms. The van der Waals surface area contributed by atoms with Crippen LogP contribution in [0.2, 0.25) is 0 Å². The summed E-state index contributed by atoms with van der Waals surface area (Å²) in [7, 11) is 0. The van der Waals surface area contributed by atoms with Gasteiger partial charge in [0.25, 0.3) is 11.8 Å². The van der Waals surface area contributed by atoms with Crippen LogP contribution in [0.3, 0.4) is 0 Å². The van der Waals surface area contributed by atoms with Gasteiger partial charge in [-0.3, -0.25) is 9.59 Å². The molecule has 168 valence electrons. The average Bonchev–Trinajstić information content (AvgIpc) is 3.49. The molecule has 0 fully saturated rings. The van der Waals surface area contributed by atoms with Gasteiger partial charge in [0.2, 0.25) is 0 Å². The number of carbonyl (C=O) groups excluding carboxylic acids is 2. The highest BCUT2D eigenvalue weighted by Crippen LogP contribution is 2.21. The molecule has 0 aliphatic carbocycles. The highest BCUT2D eigenvalue weighted by Gasteiger charge is 2.17. The Labute approximate surface area is 191 Å². The molecule has 1 unspecified atom stereocenters. The molecule has 2 amide bonds. The van der Waals surface area contributed by atoms with E-state index >= 15 is 0 Å². The molecule has 0 aliphatic rings. The molecule has 2 heterocycles. The number of furan rings is 1. The molecule has 0 aliphatic heterocycles. The highest BCUT2D eigenvalue weighted by atomic mass is 16.5. The molecule has 0 saturated heterocycles. The van der Waals surface area contributed by atoms with E-state index in [-0.39, 0.29) is 30.2 Å². The number of para-hydroxylation sites is 1. The van der Waals surface area contributed by atoms with Crippen LogP contribution in [0.4, 0.5) is 5.69 Å². The van der Waals surface area contributed by atoms with Gasteiger partial charge >= 0.3 is 0 Å². The molecule has 33 heavy (non-hydrogen) atoms. The summed E-state index contributed by atoms with van der Waals surface area (Å²) >= 11 is 0. The lowest BCUT2D eigenvalue weighted by Gasteiger charge is -2.15. The molecule has 2 aromatic carbocycles. The summed E-state index contributed by atoms with van der Waals surface area (Å²) in [5, 5.41) is 10.1. The van der Waals surface area contributed by atoms with E-state index in [4.69, 9.17) is 9.15 Å². The van der Waals surface area contributed by atoms with E-state index in [9.17, 15) is 9.59 Å². The summed E-state index contributed by atoms with van der Waals surface area (Å²) in [6, 6.07) is 19.6. The standard InChI is InChI=1S/C25H24N4O4/c1-17(22-15-26-29(18(22)2)20-9-4-3-5-10-20)27-24(30)16-33-21-11-6-8-19(14-21)28-25(31)23-12-7-13-32-23/h3-15,17H,16H2,1-2H3,(H,27,30)(H,28,31). The van der Waals surface area contributed by atoms with Gasteiger partial charge in [0.1, 0.15) is 5.75 Å². The van der Waals surface area contributed by atoms with Crippen molar-refractivity contribution in [3.05, 3.63) is 96.2 Å². The lowest BCUT2D eigenvalue weighted by atomic mass is 10.1. The van der Waals surface area contributed by atoms with E-state index in [1.807, 2.05) is 48.9 Å². The first kappa shape index (κ1) is 21.9. The number of amides is 2. The maximum absolute atomic E-state index is 12.5. The van der Waals surface area contributed by atoms with Gasteiger partial charge in [-0.2, -0.15) is 5.10 Å². The van der Waals surface area contributed by atoms with Crippen LogP contribution in [-0.4, -0.2) is 28.2 Å². The van der Waals surface area contributed by atoms with Crippen molar-refractivity contribution in [2.24, 2.45) is 0 Å². The Balaban J connectivity index is 1.32. The summed E-state index contributed by atoms with van der Waals surface area (Å²) < 4.78 is 12.5. The molecule has 4 rings (SSSR count). The second-order valence-electron chi connectivity index (χ2n) is 7.47. The minimum absolute atomic E-state index is 0.161. The second-order valence-corrected chi connectivity index (χ2v) is 7.47. The normalized spacial score (nSPS) is 11.6. The van der Waals surface area contributed by atoms with E-state index in [1.165, 1.54) is 6.26 Å². The van der Waals surface area contributed by atoms with Crippen LogP contribution in [0.25, 0.3) is 5.69 Å². The summed E-state index contributed by atoms with van der Waals surface area (Å²) in [6.45, 7) is 3.71. The third kappa shape index (κ3) is 5.30. The summed E-state index contributed by atoms with van der Waals surface area (Å²) in [4.78, 5) is 24.6. The van der Waals surface area contributed by atoms with Gasteiger partial charge in [0, 0.05) is 23.0 Å². The topological polar surface area (TPSA) is 98.4 Å². The lowest BCUT2D eigenvalue weighted by Crippen LogP contribution is -2.31. The van der Waals surface area contributed by atoms with E-state index in [1.54, 1.807) is 42.6 Å². The number of aromatic nitrogens is 2. The molecule has 4 aromatic rings. The van der Waals surface area contributed by atoms with Gasteiger partial charge in [-0.15, -0.1) is 0 Å². The zero-order valence-corrected chi connectivity index (χ0v) is 18.3. The number of rotatable bonds is 8. The zero-order chi connectivity index (χ0) is 23.2. The smallest absolute Gasteiger partial charge is 0.291 e. The Kier molecular flexibility index (Phi) is 6.54. The maximum Gasteiger partial charge on any atom is 0.291 e. The van der Waals surface area contributed by atoms with Gasteiger partial charge in [-0.25, -0.2) is 4.68 Å². The summed E-state index contributed by atoms with van der Waals surface area (Å²) in [6.07, 6.45) is 3.20. The van der Waals surface area contributed by atoms with Gasteiger partial charge in [-0.05, 0) is 50.2 Å².